The van der Waals surface area contributed by atoms with Crippen LogP contribution in [0, 0.1) is 12.8 Å². The van der Waals surface area contributed by atoms with Gasteiger partial charge >= 0.3 is 6.18 Å². The maximum Gasteiger partial charge on any atom is 0.410 e. The number of amides is 1. The van der Waals surface area contributed by atoms with Gasteiger partial charge in [0.15, 0.2) is 6.04 Å². The van der Waals surface area contributed by atoms with Gasteiger partial charge in [0.25, 0.3) is 11.5 Å². The number of aromatic amines is 1. The Morgan fingerprint density at radius 3 is 2.81 bits per heavy atom. The van der Waals surface area contributed by atoms with Crippen LogP contribution in [0.3, 0.4) is 0 Å². The highest BCUT2D eigenvalue weighted by Crippen LogP contribution is 2.42. The summed E-state index contributed by atoms with van der Waals surface area (Å²) < 4.78 is 41.4. The molecule has 1 amide bonds. The first-order valence-corrected chi connectivity index (χ1v) is 10.4. The predicted octanol–water partition coefficient (Wildman–Crippen LogP) is 2.38. The number of likely N-dealkylation sites (tertiary alicyclic amines) is 1. The number of aromatic nitrogens is 4. The Morgan fingerprint density at radius 2 is 2.06 bits per heavy atom. The van der Waals surface area contributed by atoms with Crippen LogP contribution in [-0.2, 0) is 6.42 Å². The standard InChI is InChI=1S/C20H23F3N6O2/c1-9-5-15(20(21,22)23)29-17(25-9)13(6-24-29)19(31)28-7-11-3-4-12-16(14(11)8-28)26-10(2)27-18(12)30/h6,9,11,14-15,25H,3-5,7-8H2,1-2H3,(H,26,27,30)/t9?,11-,14+,15?/m1/s1. The van der Waals surface area contributed by atoms with Crippen molar-refractivity contribution in [1.29, 1.82) is 0 Å². The number of aryl methyl sites for hydroxylation is 1. The molecule has 0 bridgehead atoms. The van der Waals surface area contributed by atoms with Crippen LogP contribution in [0.1, 0.15) is 59.2 Å². The normalized spacial score (nSPS) is 27.3. The average molecular weight is 436 g/mol. The zero-order chi connectivity index (χ0) is 22.1. The fourth-order valence-electron chi connectivity index (χ4n) is 5.22. The summed E-state index contributed by atoms with van der Waals surface area (Å²) >= 11 is 0. The molecule has 31 heavy (non-hydrogen) atoms. The molecule has 4 heterocycles. The van der Waals surface area contributed by atoms with E-state index in [2.05, 4.69) is 20.4 Å². The van der Waals surface area contributed by atoms with Crippen LogP contribution in [0.5, 0.6) is 0 Å². The summed E-state index contributed by atoms with van der Waals surface area (Å²) in [5.41, 5.74) is 1.43. The van der Waals surface area contributed by atoms with Gasteiger partial charge in [-0.2, -0.15) is 18.3 Å². The van der Waals surface area contributed by atoms with Gasteiger partial charge in [0, 0.05) is 30.6 Å². The number of carbonyl (C=O) groups excluding carboxylic acids is 1. The van der Waals surface area contributed by atoms with Gasteiger partial charge < -0.3 is 15.2 Å². The molecule has 11 heteroatoms. The van der Waals surface area contributed by atoms with Gasteiger partial charge in [-0.25, -0.2) is 9.67 Å². The molecule has 1 aliphatic carbocycles. The van der Waals surface area contributed by atoms with Crippen LogP contribution in [0.4, 0.5) is 19.0 Å². The van der Waals surface area contributed by atoms with Crippen LogP contribution in [0.2, 0.25) is 0 Å². The molecule has 8 nitrogen and oxygen atoms in total. The van der Waals surface area contributed by atoms with Crippen molar-refractivity contribution < 1.29 is 18.0 Å². The summed E-state index contributed by atoms with van der Waals surface area (Å²) in [6.45, 7) is 4.26. The van der Waals surface area contributed by atoms with Crippen molar-refractivity contribution in [3.05, 3.63) is 39.2 Å². The second-order valence-corrected chi connectivity index (χ2v) is 8.82. The summed E-state index contributed by atoms with van der Waals surface area (Å²) in [6.07, 6.45) is -1.98. The third-order valence-electron chi connectivity index (χ3n) is 6.67. The number of carbonyl (C=O) groups is 1. The minimum atomic E-state index is -4.44. The molecular formula is C20H23F3N6O2. The molecular weight excluding hydrogens is 413 g/mol. The van der Waals surface area contributed by atoms with E-state index in [9.17, 15) is 22.8 Å². The highest BCUT2D eigenvalue weighted by atomic mass is 19.4. The Hall–Kier alpha value is -2.85. The average Bonchev–Trinajstić information content (AvgIpc) is 3.30. The topological polar surface area (TPSA) is 95.9 Å². The van der Waals surface area contributed by atoms with Crippen LogP contribution in [-0.4, -0.2) is 55.9 Å². The lowest BCUT2D eigenvalue weighted by Crippen LogP contribution is -2.39. The van der Waals surface area contributed by atoms with E-state index in [0.717, 1.165) is 16.8 Å². The Labute approximate surface area is 175 Å². The fourth-order valence-corrected chi connectivity index (χ4v) is 5.22. The fraction of sp³-hybridized carbons (Fsp3) is 0.600. The molecule has 0 radical (unpaired) electrons. The first kappa shape index (κ1) is 20.1. The number of nitrogens with one attached hydrogen (secondary N) is 2. The van der Waals surface area contributed by atoms with E-state index < -0.39 is 18.3 Å². The second-order valence-electron chi connectivity index (χ2n) is 8.82. The lowest BCUT2D eigenvalue weighted by Gasteiger charge is -2.32. The third-order valence-corrected chi connectivity index (χ3v) is 6.67. The van der Waals surface area contributed by atoms with Crippen molar-refractivity contribution in [2.24, 2.45) is 5.92 Å². The zero-order valence-electron chi connectivity index (χ0n) is 17.2. The SMILES string of the molecule is Cc1nc2c(c(=O)[nH]1)CC[C@@H]1CN(C(=O)c3cnn4c3NC(C)CC4C(F)(F)F)C[C@H]21. The molecule has 1 saturated heterocycles. The number of nitrogens with zero attached hydrogens (tertiary/aromatic N) is 4. The van der Waals surface area contributed by atoms with E-state index in [1.54, 1.807) is 18.7 Å². The maximum atomic E-state index is 13.5. The molecule has 5 rings (SSSR count). The summed E-state index contributed by atoms with van der Waals surface area (Å²) in [4.78, 5) is 34.5. The number of H-pyrrole nitrogens is 1. The number of fused-ring (bicyclic) bond motifs is 4. The van der Waals surface area contributed by atoms with Gasteiger partial charge in [-0.3, -0.25) is 9.59 Å². The molecule has 4 atom stereocenters. The van der Waals surface area contributed by atoms with Gasteiger partial charge in [0.2, 0.25) is 0 Å². The van der Waals surface area contributed by atoms with Crippen molar-refractivity contribution in [3.8, 4) is 0 Å². The van der Waals surface area contributed by atoms with Crippen molar-refractivity contribution in [2.45, 2.75) is 57.3 Å². The van der Waals surface area contributed by atoms with E-state index >= 15 is 0 Å². The molecule has 2 aliphatic heterocycles. The summed E-state index contributed by atoms with van der Waals surface area (Å²) in [5, 5.41) is 6.91. The second kappa shape index (κ2) is 6.83. The number of hydrogen-bond donors (Lipinski definition) is 2. The number of alkyl halides is 3. The summed E-state index contributed by atoms with van der Waals surface area (Å²) in [6, 6.07) is -2.19. The van der Waals surface area contributed by atoms with Gasteiger partial charge in [-0.15, -0.1) is 0 Å². The Kier molecular flexibility index (Phi) is 4.42. The lowest BCUT2D eigenvalue weighted by molar-refractivity contribution is -0.173. The minimum Gasteiger partial charge on any atom is -0.367 e. The van der Waals surface area contributed by atoms with Crippen LogP contribution >= 0.6 is 0 Å². The van der Waals surface area contributed by atoms with Crippen LogP contribution in [0.25, 0.3) is 0 Å². The van der Waals surface area contributed by atoms with Crippen LogP contribution < -0.4 is 10.9 Å². The molecule has 2 aromatic rings. The molecule has 2 aromatic heterocycles. The molecule has 0 spiro atoms. The first-order valence-electron chi connectivity index (χ1n) is 10.4. The number of rotatable bonds is 1. The Morgan fingerprint density at radius 1 is 1.29 bits per heavy atom. The Bertz CT molecular complexity index is 1110. The van der Waals surface area contributed by atoms with Gasteiger partial charge in [-0.1, -0.05) is 0 Å². The van der Waals surface area contributed by atoms with Crippen molar-refractivity contribution in [2.75, 3.05) is 18.4 Å². The molecule has 0 saturated carbocycles. The van der Waals surface area contributed by atoms with Crippen molar-refractivity contribution >= 4 is 11.7 Å². The summed E-state index contributed by atoms with van der Waals surface area (Å²) in [5.74, 6) is 0.436. The highest BCUT2D eigenvalue weighted by molar-refractivity contribution is 5.99. The molecule has 2 N–H and O–H groups in total. The Balaban J connectivity index is 1.44. The largest absolute Gasteiger partial charge is 0.410 e. The van der Waals surface area contributed by atoms with E-state index in [0.29, 0.717) is 30.9 Å². The zero-order valence-corrected chi connectivity index (χ0v) is 17.2. The predicted molar refractivity (Wildman–Crippen MR) is 105 cm³/mol. The monoisotopic (exact) mass is 436 g/mol. The van der Waals surface area contributed by atoms with E-state index in [-0.39, 0.29) is 41.1 Å². The van der Waals surface area contributed by atoms with Crippen LogP contribution in [0.15, 0.2) is 11.0 Å². The van der Waals surface area contributed by atoms with E-state index in [4.69, 9.17) is 0 Å². The quantitative estimate of drug-likeness (QED) is 0.716. The van der Waals surface area contributed by atoms with E-state index in [1.807, 2.05) is 0 Å². The maximum absolute atomic E-state index is 13.5. The summed E-state index contributed by atoms with van der Waals surface area (Å²) in [7, 11) is 0. The molecule has 2 unspecified atom stereocenters. The molecule has 166 valence electrons. The number of anilines is 1. The molecule has 0 aromatic carbocycles. The van der Waals surface area contributed by atoms with Gasteiger partial charge in [0.1, 0.15) is 17.2 Å². The van der Waals surface area contributed by atoms with E-state index in [1.165, 1.54) is 6.20 Å². The van der Waals surface area contributed by atoms with Crippen molar-refractivity contribution in [1.82, 2.24) is 24.6 Å². The van der Waals surface area contributed by atoms with Gasteiger partial charge in [0.05, 0.1) is 11.9 Å². The number of halogens is 3. The third kappa shape index (κ3) is 3.21. The lowest BCUT2D eigenvalue weighted by atomic mass is 9.80. The van der Waals surface area contributed by atoms with Crippen molar-refractivity contribution in [3.63, 3.8) is 0 Å². The molecule has 3 aliphatic rings. The first-order chi connectivity index (χ1) is 14.6. The smallest absolute Gasteiger partial charge is 0.367 e. The number of hydrogen-bond acceptors (Lipinski definition) is 5. The van der Waals surface area contributed by atoms with Gasteiger partial charge in [-0.05, 0) is 39.0 Å². The minimum absolute atomic E-state index is 0.0464. The highest BCUT2D eigenvalue weighted by Gasteiger charge is 2.47. The molecule has 1 fully saturated rings.